The molecule has 1 aromatic heterocycles. The number of nitrogens with one attached hydrogen (secondary N) is 1. The first-order chi connectivity index (χ1) is 16.5. The molecule has 10 heteroatoms. The molecule has 0 radical (unpaired) electrons. The normalized spacial score (nSPS) is 12.5. The minimum absolute atomic E-state index is 0.0118. The van der Waals surface area contributed by atoms with Crippen molar-refractivity contribution in [1.82, 2.24) is 4.98 Å². The number of halogens is 2. The van der Waals surface area contributed by atoms with E-state index in [1.807, 2.05) is 24.3 Å². The zero-order chi connectivity index (χ0) is 25.8. The predicted octanol–water partition coefficient (Wildman–Crippen LogP) is 6.32. The van der Waals surface area contributed by atoms with Crippen LogP contribution in [0, 0.1) is 5.92 Å². The summed E-state index contributed by atoms with van der Waals surface area (Å²) in [5.41, 5.74) is 10.2. The molecule has 0 fully saturated rings. The minimum Gasteiger partial charge on any atom is -0.403 e. The fraction of sp³-hybridized carbons (Fsp3) is 0.320. The molecular weight excluding hydrogens is 510 g/mol. The molecule has 0 aliphatic heterocycles. The van der Waals surface area contributed by atoms with Crippen molar-refractivity contribution >= 4 is 36.9 Å². The third-order valence-electron chi connectivity index (χ3n) is 5.75. The topological polar surface area (TPSA) is 126 Å². The van der Waals surface area contributed by atoms with Gasteiger partial charge in [0, 0.05) is 22.0 Å². The molecule has 1 heterocycles. The van der Waals surface area contributed by atoms with Crippen molar-refractivity contribution < 1.29 is 23.7 Å². The first-order valence-electron chi connectivity index (χ1n) is 11.3. The Hall–Kier alpha value is -2.28. The van der Waals surface area contributed by atoms with Crippen LogP contribution in [-0.4, -0.2) is 20.7 Å². The molecule has 2 aromatic carbocycles. The predicted molar refractivity (Wildman–Crippen MR) is 139 cm³/mol. The molecule has 1 atom stereocenters. The van der Waals surface area contributed by atoms with Gasteiger partial charge < -0.3 is 15.2 Å². The molecule has 0 aliphatic carbocycles. The molecule has 1 amide bonds. The first-order valence-corrected chi connectivity index (χ1v) is 13.6. The second-order valence-electron chi connectivity index (χ2n) is 8.65. The monoisotopic (exact) mass is 538 g/mol. The van der Waals surface area contributed by atoms with Crippen molar-refractivity contribution in [3.63, 3.8) is 0 Å². The van der Waals surface area contributed by atoms with E-state index in [2.05, 4.69) is 23.4 Å². The first kappa shape index (κ1) is 27.3. The summed E-state index contributed by atoms with van der Waals surface area (Å²) in [6.07, 6.45) is 3.98. The molecule has 0 saturated heterocycles. The number of carbonyl (C=O) groups is 1. The molecule has 188 valence electrons. The Kier molecular flexibility index (Phi) is 9.08. The standard InChI is InChI=1S/C25H29Cl2N2O5P/c1-3-4-15(2)13-21-23(17-8-12-22(19(27)14-17)34-35(31,32)33)24(25(28)30)20(29-21)11-7-16-5-9-18(26)10-6-16/h5-6,8-10,12,14-15,29H,3-4,7,11,13H2,1-2H3,(H2,28,30)(H2,31,32,33). The highest BCUT2D eigenvalue weighted by Crippen LogP contribution is 2.43. The summed E-state index contributed by atoms with van der Waals surface area (Å²) in [5, 5.41) is 0.668. The molecule has 7 nitrogen and oxygen atoms in total. The summed E-state index contributed by atoms with van der Waals surface area (Å²) >= 11 is 12.3. The summed E-state index contributed by atoms with van der Waals surface area (Å²) < 4.78 is 15.9. The van der Waals surface area contributed by atoms with Crippen LogP contribution in [0.2, 0.25) is 10.0 Å². The van der Waals surface area contributed by atoms with Crippen LogP contribution in [0.15, 0.2) is 42.5 Å². The number of primary amides is 1. The van der Waals surface area contributed by atoms with Gasteiger partial charge in [-0.15, -0.1) is 0 Å². The number of phosphoric ester groups is 1. The third-order valence-corrected chi connectivity index (χ3v) is 6.73. The molecule has 0 saturated carbocycles. The van der Waals surface area contributed by atoms with Crippen molar-refractivity contribution in [2.24, 2.45) is 11.7 Å². The minimum atomic E-state index is -4.77. The van der Waals surface area contributed by atoms with Gasteiger partial charge in [-0.05, 0) is 60.6 Å². The van der Waals surface area contributed by atoms with Crippen molar-refractivity contribution in [3.05, 3.63) is 75.0 Å². The highest BCUT2D eigenvalue weighted by Gasteiger charge is 2.25. The van der Waals surface area contributed by atoms with E-state index in [0.29, 0.717) is 46.9 Å². The summed E-state index contributed by atoms with van der Waals surface area (Å²) in [7, 11) is -4.77. The van der Waals surface area contributed by atoms with Crippen LogP contribution < -0.4 is 10.3 Å². The second kappa shape index (κ2) is 11.6. The number of hydrogen-bond acceptors (Lipinski definition) is 3. The van der Waals surface area contributed by atoms with Crippen molar-refractivity contribution in [2.75, 3.05) is 0 Å². The van der Waals surface area contributed by atoms with Gasteiger partial charge in [-0.1, -0.05) is 68.1 Å². The van der Waals surface area contributed by atoms with E-state index < -0.39 is 13.7 Å². The van der Waals surface area contributed by atoms with Crippen LogP contribution in [0.1, 0.15) is 54.0 Å². The number of aromatic nitrogens is 1. The highest BCUT2D eigenvalue weighted by atomic mass is 35.5. The Morgan fingerprint density at radius 3 is 2.37 bits per heavy atom. The Bertz CT molecular complexity index is 1240. The number of aromatic amines is 1. The maximum atomic E-state index is 12.7. The number of aryl methyl sites for hydroxylation is 2. The van der Waals surface area contributed by atoms with Crippen molar-refractivity contribution in [1.29, 1.82) is 0 Å². The van der Waals surface area contributed by atoms with Gasteiger partial charge in [0.2, 0.25) is 0 Å². The fourth-order valence-electron chi connectivity index (χ4n) is 4.26. The lowest BCUT2D eigenvalue weighted by molar-refractivity contribution is 0.1000. The zero-order valence-corrected chi connectivity index (χ0v) is 22.0. The SMILES string of the molecule is CCCC(C)Cc1[nH]c(CCc2ccc(Cl)cc2)c(C(N)=O)c1-c1ccc(OP(=O)(O)O)c(Cl)c1. The van der Waals surface area contributed by atoms with Gasteiger partial charge >= 0.3 is 7.82 Å². The summed E-state index contributed by atoms with van der Waals surface area (Å²) in [6, 6.07) is 12.1. The number of amides is 1. The van der Waals surface area contributed by atoms with E-state index in [9.17, 15) is 9.36 Å². The van der Waals surface area contributed by atoms with Crippen molar-refractivity contribution in [2.45, 2.75) is 46.0 Å². The van der Waals surface area contributed by atoms with E-state index in [1.54, 1.807) is 6.07 Å². The van der Waals surface area contributed by atoms with E-state index in [0.717, 1.165) is 29.8 Å². The number of phosphoric acid groups is 1. The van der Waals surface area contributed by atoms with Crippen LogP contribution in [-0.2, 0) is 23.8 Å². The molecule has 3 aromatic rings. The molecule has 5 N–H and O–H groups in total. The summed E-state index contributed by atoms with van der Waals surface area (Å²) in [6.45, 7) is 4.27. The van der Waals surface area contributed by atoms with Gasteiger partial charge in [-0.3, -0.25) is 14.6 Å². The fourth-order valence-corrected chi connectivity index (χ4v) is 5.08. The van der Waals surface area contributed by atoms with E-state index in [1.165, 1.54) is 12.1 Å². The van der Waals surface area contributed by atoms with Crippen LogP contribution in [0.4, 0.5) is 0 Å². The largest absolute Gasteiger partial charge is 0.524 e. The van der Waals surface area contributed by atoms with Crippen LogP contribution >= 0.6 is 31.0 Å². The highest BCUT2D eigenvalue weighted by molar-refractivity contribution is 7.46. The lowest BCUT2D eigenvalue weighted by Crippen LogP contribution is -2.14. The number of rotatable bonds is 11. The second-order valence-corrected chi connectivity index (χ2v) is 10.7. The summed E-state index contributed by atoms with van der Waals surface area (Å²) in [5.74, 6) is -0.359. The quantitative estimate of drug-likeness (QED) is 0.212. The van der Waals surface area contributed by atoms with Crippen LogP contribution in [0.25, 0.3) is 11.1 Å². The van der Waals surface area contributed by atoms with Gasteiger partial charge in [0.05, 0.1) is 10.6 Å². The molecule has 0 spiro atoms. The van der Waals surface area contributed by atoms with E-state index >= 15 is 0 Å². The Balaban J connectivity index is 2.06. The number of nitrogens with two attached hydrogens (primary N) is 1. The zero-order valence-electron chi connectivity index (χ0n) is 19.6. The molecule has 35 heavy (non-hydrogen) atoms. The number of benzene rings is 2. The Morgan fingerprint density at radius 2 is 1.80 bits per heavy atom. The molecule has 1 unspecified atom stereocenters. The lowest BCUT2D eigenvalue weighted by atomic mass is 9.93. The molecule has 3 rings (SSSR count). The molecule has 0 bridgehead atoms. The van der Waals surface area contributed by atoms with E-state index in [-0.39, 0.29) is 10.8 Å². The number of H-pyrrole nitrogens is 1. The van der Waals surface area contributed by atoms with Gasteiger partial charge in [0.15, 0.2) is 0 Å². The van der Waals surface area contributed by atoms with Crippen LogP contribution in [0.3, 0.4) is 0 Å². The molecule has 0 aliphatic rings. The lowest BCUT2D eigenvalue weighted by Gasteiger charge is -2.13. The Labute approximate surface area is 214 Å². The van der Waals surface area contributed by atoms with E-state index in [4.69, 9.17) is 38.7 Å². The Morgan fingerprint density at radius 1 is 1.11 bits per heavy atom. The smallest absolute Gasteiger partial charge is 0.403 e. The van der Waals surface area contributed by atoms with Gasteiger partial charge in [0.25, 0.3) is 5.91 Å². The maximum Gasteiger partial charge on any atom is 0.524 e. The maximum absolute atomic E-state index is 12.7. The van der Waals surface area contributed by atoms with Crippen molar-refractivity contribution in [3.8, 4) is 16.9 Å². The van der Waals surface area contributed by atoms with Gasteiger partial charge in [-0.2, -0.15) is 0 Å². The summed E-state index contributed by atoms with van der Waals surface area (Å²) in [4.78, 5) is 34.3. The number of hydrogen-bond donors (Lipinski definition) is 4. The average Bonchev–Trinajstić information content (AvgIpc) is 3.12. The number of carbonyl (C=O) groups excluding carboxylic acids is 1. The average molecular weight is 539 g/mol. The van der Waals surface area contributed by atoms with Crippen LogP contribution in [0.5, 0.6) is 5.75 Å². The van der Waals surface area contributed by atoms with Gasteiger partial charge in [0.1, 0.15) is 5.75 Å². The van der Waals surface area contributed by atoms with Gasteiger partial charge in [-0.25, -0.2) is 4.57 Å². The molecular formula is C25H29Cl2N2O5P. The third kappa shape index (κ3) is 7.35.